The van der Waals surface area contributed by atoms with Gasteiger partial charge in [-0.3, -0.25) is 24.5 Å². The van der Waals surface area contributed by atoms with Crippen molar-refractivity contribution in [2.45, 2.75) is 62.9 Å². The maximum Gasteiger partial charge on any atom is 0.255 e. The van der Waals surface area contributed by atoms with Gasteiger partial charge in [-0.2, -0.15) is 5.26 Å². The van der Waals surface area contributed by atoms with Crippen molar-refractivity contribution >= 4 is 35.2 Å². The zero-order chi connectivity index (χ0) is 28.3. The fourth-order valence-electron chi connectivity index (χ4n) is 5.84. The summed E-state index contributed by atoms with van der Waals surface area (Å²) >= 11 is 6.37. The van der Waals surface area contributed by atoms with E-state index in [1.165, 1.54) is 4.90 Å². The molecule has 208 valence electrons. The van der Waals surface area contributed by atoms with Crippen LogP contribution < -0.4 is 10.1 Å². The summed E-state index contributed by atoms with van der Waals surface area (Å²) in [4.78, 5) is 52.9. The van der Waals surface area contributed by atoms with Gasteiger partial charge in [0, 0.05) is 42.1 Å². The SMILES string of the molecule is N#CC1(c2ccccc2Cl)CCN(C(=O)CCCCOc2cccc3c2CN(C2CCC(=O)NC2=O)C3=O)CC1. The number of carbonyl (C=O) groups is 4. The maximum absolute atomic E-state index is 13.0. The number of hydrogen-bond acceptors (Lipinski definition) is 6. The lowest BCUT2D eigenvalue weighted by molar-refractivity contribution is -0.137. The Morgan fingerprint density at radius 3 is 2.60 bits per heavy atom. The molecule has 2 fully saturated rings. The number of fused-ring (bicyclic) bond motifs is 1. The third-order valence-corrected chi connectivity index (χ3v) is 8.48. The Balaban J connectivity index is 1.09. The largest absolute Gasteiger partial charge is 0.493 e. The number of halogens is 1. The van der Waals surface area contributed by atoms with Crippen LogP contribution >= 0.6 is 11.6 Å². The molecule has 4 amide bonds. The molecule has 3 aliphatic rings. The van der Waals surface area contributed by atoms with Crippen LogP contribution in [0.5, 0.6) is 5.75 Å². The molecule has 40 heavy (non-hydrogen) atoms. The molecular weight excluding hydrogens is 532 g/mol. The average Bonchev–Trinajstić information content (AvgIpc) is 3.29. The van der Waals surface area contributed by atoms with E-state index >= 15 is 0 Å². The van der Waals surface area contributed by atoms with Gasteiger partial charge < -0.3 is 14.5 Å². The van der Waals surface area contributed by atoms with Gasteiger partial charge in [-0.1, -0.05) is 35.9 Å². The highest BCUT2D eigenvalue weighted by Crippen LogP contribution is 2.39. The first-order chi connectivity index (χ1) is 19.3. The second-order valence-corrected chi connectivity index (χ2v) is 10.9. The second kappa shape index (κ2) is 11.7. The van der Waals surface area contributed by atoms with Crippen LogP contribution in [0.2, 0.25) is 5.02 Å². The number of unbranched alkanes of at least 4 members (excludes halogenated alkanes) is 1. The van der Waals surface area contributed by atoms with Crippen molar-refractivity contribution < 1.29 is 23.9 Å². The highest BCUT2D eigenvalue weighted by Gasteiger charge is 2.41. The van der Waals surface area contributed by atoms with Crippen LogP contribution in [0.3, 0.4) is 0 Å². The van der Waals surface area contributed by atoms with E-state index in [1.54, 1.807) is 24.3 Å². The maximum atomic E-state index is 13.0. The summed E-state index contributed by atoms with van der Waals surface area (Å²) in [5.41, 5.74) is 1.40. The smallest absolute Gasteiger partial charge is 0.255 e. The van der Waals surface area contributed by atoms with Crippen LogP contribution in [0.15, 0.2) is 42.5 Å². The van der Waals surface area contributed by atoms with Crippen LogP contribution in [0.25, 0.3) is 0 Å². The Morgan fingerprint density at radius 2 is 1.88 bits per heavy atom. The lowest BCUT2D eigenvalue weighted by Crippen LogP contribution is -2.52. The second-order valence-electron chi connectivity index (χ2n) is 10.5. The van der Waals surface area contributed by atoms with Gasteiger partial charge in [0.05, 0.1) is 24.6 Å². The van der Waals surface area contributed by atoms with Gasteiger partial charge in [0.25, 0.3) is 5.91 Å². The number of ether oxygens (including phenoxy) is 1. The highest BCUT2D eigenvalue weighted by molar-refractivity contribution is 6.31. The van der Waals surface area contributed by atoms with E-state index in [0.717, 1.165) is 11.1 Å². The summed E-state index contributed by atoms with van der Waals surface area (Å²) in [5.74, 6) is -0.342. The van der Waals surface area contributed by atoms with Gasteiger partial charge >= 0.3 is 0 Å². The molecule has 10 heteroatoms. The van der Waals surface area contributed by atoms with Crippen molar-refractivity contribution in [3.05, 3.63) is 64.2 Å². The summed E-state index contributed by atoms with van der Waals surface area (Å²) in [7, 11) is 0. The first-order valence-corrected chi connectivity index (χ1v) is 14.0. The molecule has 3 aliphatic heterocycles. The standard InChI is InChI=1S/C30H31ClN4O5/c31-23-8-2-1-7-22(23)30(19-32)13-15-34(16-14-30)27(37)10-3-4-17-40-25-9-5-6-20-21(25)18-35(29(20)39)24-11-12-26(36)33-28(24)38/h1-2,5-9,24H,3-4,10-18H2,(H,33,36,38). The number of nitrogens with one attached hydrogen (secondary N) is 1. The summed E-state index contributed by atoms with van der Waals surface area (Å²) < 4.78 is 6.00. The highest BCUT2D eigenvalue weighted by atomic mass is 35.5. The minimum absolute atomic E-state index is 0.0665. The normalized spacial score (nSPS) is 20.1. The molecule has 0 aliphatic carbocycles. The van der Waals surface area contributed by atoms with Crippen molar-refractivity contribution in [1.29, 1.82) is 5.26 Å². The lowest BCUT2D eigenvalue weighted by atomic mass is 9.74. The van der Waals surface area contributed by atoms with Gasteiger partial charge in [0.2, 0.25) is 17.7 Å². The Morgan fingerprint density at radius 1 is 1.10 bits per heavy atom. The number of carbonyl (C=O) groups excluding carboxylic acids is 4. The molecule has 3 heterocycles. The molecule has 0 saturated carbocycles. The molecule has 5 rings (SSSR count). The first kappa shape index (κ1) is 27.7. The molecule has 9 nitrogen and oxygen atoms in total. The Hall–Kier alpha value is -3.90. The minimum atomic E-state index is -0.673. The van der Waals surface area contributed by atoms with Crippen LogP contribution in [-0.4, -0.2) is 59.2 Å². The quantitative estimate of drug-likeness (QED) is 0.387. The zero-order valence-corrected chi connectivity index (χ0v) is 22.9. The number of rotatable bonds is 8. The number of piperidine rings is 2. The third-order valence-electron chi connectivity index (χ3n) is 8.15. The van der Waals surface area contributed by atoms with Gasteiger partial charge in [0.1, 0.15) is 11.8 Å². The molecular formula is C30H31ClN4O5. The Bertz CT molecular complexity index is 1380. The molecule has 0 bridgehead atoms. The number of amides is 4. The average molecular weight is 563 g/mol. The monoisotopic (exact) mass is 562 g/mol. The van der Waals surface area contributed by atoms with Crippen molar-refractivity contribution in [2.24, 2.45) is 0 Å². The summed E-state index contributed by atoms with van der Waals surface area (Å²) in [6.07, 6.45) is 3.32. The molecule has 0 spiro atoms. The molecule has 0 radical (unpaired) electrons. The number of nitriles is 1. The molecule has 1 N–H and O–H groups in total. The fraction of sp³-hybridized carbons (Fsp3) is 0.433. The zero-order valence-electron chi connectivity index (χ0n) is 22.2. The van der Waals surface area contributed by atoms with E-state index in [-0.39, 0.29) is 30.7 Å². The molecule has 2 aromatic rings. The van der Waals surface area contributed by atoms with Crippen molar-refractivity contribution in [3.8, 4) is 11.8 Å². The van der Waals surface area contributed by atoms with Crippen LogP contribution in [0, 0.1) is 11.3 Å². The number of nitrogens with zero attached hydrogens (tertiary/aromatic N) is 3. The van der Waals surface area contributed by atoms with Gasteiger partial charge in [-0.05, 0) is 55.9 Å². The molecule has 2 aromatic carbocycles. The lowest BCUT2D eigenvalue weighted by Gasteiger charge is -2.38. The third kappa shape index (κ3) is 5.41. The van der Waals surface area contributed by atoms with E-state index in [2.05, 4.69) is 11.4 Å². The summed E-state index contributed by atoms with van der Waals surface area (Å²) in [5, 5.41) is 12.8. The van der Waals surface area contributed by atoms with Gasteiger partial charge in [-0.15, -0.1) is 0 Å². The van der Waals surface area contributed by atoms with E-state index in [4.69, 9.17) is 16.3 Å². The predicted octanol–water partition coefficient (Wildman–Crippen LogP) is 3.73. The number of imide groups is 1. The molecule has 1 unspecified atom stereocenters. The summed E-state index contributed by atoms with van der Waals surface area (Å²) in [6.45, 7) is 1.67. The fourth-order valence-corrected chi connectivity index (χ4v) is 6.16. The van der Waals surface area contributed by atoms with Crippen molar-refractivity contribution in [2.75, 3.05) is 19.7 Å². The van der Waals surface area contributed by atoms with Gasteiger partial charge in [0.15, 0.2) is 0 Å². The van der Waals surface area contributed by atoms with Crippen LogP contribution in [0.4, 0.5) is 0 Å². The predicted molar refractivity (Wildman–Crippen MR) is 146 cm³/mol. The van der Waals surface area contributed by atoms with E-state index in [9.17, 15) is 24.4 Å². The Labute approximate surface area is 238 Å². The Kier molecular flexibility index (Phi) is 8.08. The van der Waals surface area contributed by atoms with Crippen molar-refractivity contribution in [3.63, 3.8) is 0 Å². The summed E-state index contributed by atoms with van der Waals surface area (Å²) in [6, 6.07) is 14.5. The molecule has 2 saturated heterocycles. The van der Waals surface area contributed by atoms with E-state index in [1.807, 2.05) is 23.1 Å². The van der Waals surface area contributed by atoms with Gasteiger partial charge in [-0.25, -0.2) is 0 Å². The van der Waals surface area contributed by atoms with E-state index < -0.39 is 17.4 Å². The number of benzene rings is 2. The number of hydrogen-bond donors (Lipinski definition) is 1. The van der Waals surface area contributed by atoms with Crippen molar-refractivity contribution in [1.82, 2.24) is 15.1 Å². The van der Waals surface area contributed by atoms with Crippen LogP contribution in [0.1, 0.15) is 66.4 Å². The molecule has 0 aromatic heterocycles. The number of likely N-dealkylation sites (tertiary alicyclic amines) is 1. The molecule has 1 atom stereocenters. The minimum Gasteiger partial charge on any atom is -0.493 e. The van der Waals surface area contributed by atoms with E-state index in [0.29, 0.717) is 74.6 Å². The first-order valence-electron chi connectivity index (χ1n) is 13.7. The van der Waals surface area contributed by atoms with Crippen LogP contribution in [-0.2, 0) is 26.3 Å². The topological polar surface area (TPSA) is 120 Å².